The fourth-order valence-corrected chi connectivity index (χ4v) is 2.25. The molecule has 23 heavy (non-hydrogen) atoms. The van der Waals surface area contributed by atoms with Gasteiger partial charge in [0.2, 0.25) is 5.91 Å². The monoisotopic (exact) mass is 322 g/mol. The number of aliphatic carboxylic acids is 1. The molecule has 1 aliphatic carbocycles. The van der Waals surface area contributed by atoms with Crippen LogP contribution < -0.4 is 10.6 Å². The third-order valence-corrected chi connectivity index (χ3v) is 3.60. The van der Waals surface area contributed by atoms with Gasteiger partial charge in [0.25, 0.3) is 5.91 Å². The number of hydrogen-bond acceptors (Lipinski definition) is 4. The number of carbonyl (C=O) groups is 3. The van der Waals surface area contributed by atoms with E-state index in [1.165, 1.54) is 0 Å². The Balaban J connectivity index is 1.80. The SMILES string of the molecule is CC(C)C[C@H](NC(=O)CNC(=O)c1cc(C2CC2)[nH]n1)C(=O)O. The lowest BCUT2D eigenvalue weighted by Crippen LogP contribution is -2.46. The number of rotatable bonds is 8. The van der Waals surface area contributed by atoms with E-state index in [2.05, 4.69) is 20.8 Å². The number of aromatic nitrogens is 2. The van der Waals surface area contributed by atoms with E-state index in [1.54, 1.807) is 6.07 Å². The van der Waals surface area contributed by atoms with Crippen LogP contribution in [0.5, 0.6) is 0 Å². The van der Waals surface area contributed by atoms with Gasteiger partial charge in [-0.05, 0) is 31.2 Å². The average Bonchev–Trinajstić information content (AvgIpc) is 3.21. The summed E-state index contributed by atoms with van der Waals surface area (Å²) in [6.07, 6.45) is 2.52. The molecule has 126 valence electrons. The lowest BCUT2D eigenvalue weighted by molar-refractivity contribution is -0.142. The summed E-state index contributed by atoms with van der Waals surface area (Å²) in [7, 11) is 0. The van der Waals surface area contributed by atoms with Gasteiger partial charge < -0.3 is 15.7 Å². The Morgan fingerprint density at radius 1 is 1.39 bits per heavy atom. The van der Waals surface area contributed by atoms with E-state index in [0.29, 0.717) is 12.3 Å². The first-order valence-electron chi connectivity index (χ1n) is 7.72. The molecule has 4 N–H and O–H groups in total. The van der Waals surface area contributed by atoms with Crippen LogP contribution >= 0.6 is 0 Å². The molecule has 2 amide bonds. The molecule has 0 aromatic carbocycles. The van der Waals surface area contributed by atoms with Gasteiger partial charge in [0, 0.05) is 11.6 Å². The Labute approximate surface area is 134 Å². The molecular weight excluding hydrogens is 300 g/mol. The minimum Gasteiger partial charge on any atom is -0.480 e. The van der Waals surface area contributed by atoms with Gasteiger partial charge in [-0.1, -0.05) is 13.8 Å². The van der Waals surface area contributed by atoms with Crippen molar-refractivity contribution in [3.8, 4) is 0 Å². The summed E-state index contributed by atoms with van der Waals surface area (Å²) in [4.78, 5) is 34.8. The second-order valence-corrected chi connectivity index (χ2v) is 6.25. The van der Waals surface area contributed by atoms with Crippen LogP contribution in [0.4, 0.5) is 0 Å². The summed E-state index contributed by atoms with van der Waals surface area (Å²) in [5.41, 5.74) is 1.17. The topological polar surface area (TPSA) is 124 Å². The number of hydrogen-bond donors (Lipinski definition) is 4. The largest absolute Gasteiger partial charge is 0.480 e. The van der Waals surface area contributed by atoms with Crippen molar-refractivity contribution in [1.29, 1.82) is 0 Å². The minimum atomic E-state index is -1.08. The molecule has 1 aliphatic rings. The molecule has 0 spiro atoms. The fraction of sp³-hybridized carbons (Fsp3) is 0.600. The van der Waals surface area contributed by atoms with Crippen molar-refractivity contribution < 1.29 is 19.5 Å². The zero-order valence-electron chi connectivity index (χ0n) is 13.3. The van der Waals surface area contributed by atoms with Gasteiger partial charge in [0.05, 0.1) is 6.54 Å². The highest BCUT2D eigenvalue weighted by atomic mass is 16.4. The Bertz CT molecular complexity index is 592. The number of carboxylic acid groups (broad SMARTS) is 1. The second kappa shape index (κ2) is 7.26. The van der Waals surface area contributed by atoms with Crippen molar-refractivity contribution in [2.45, 2.75) is 45.1 Å². The van der Waals surface area contributed by atoms with E-state index in [9.17, 15) is 14.4 Å². The Morgan fingerprint density at radius 2 is 2.09 bits per heavy atom. The molecule has 0 unspecified atom stereocenters. The van der Waals surface area contributed by atoms with Gasteiger partial charge in [-0.2, -0.15) is 5.10 Å². The number of H-pyrrole nitrogens is 1. The molecule has 1 fully saturated rings. The van der Waals surface area contributed by atoms with E-state index in [4.69, 9.17) is 5.11 Å². The van der Waals surface area contributed by atoms with Crippen LogP contribution in [0.3, 0.4) is 0 Å². The lowest BCUT2D eigenvalue weighted by atomic mass is 10.0. The van der Waals surface area contributed by atoms with E-state index < -0.39 is 23.8 Å². The van der Waals surface area contributed by atoms with Crippen molar-refractivity contribution in [2.75, 3.05) is 6.54 Å². The van der Waals surface area contributed by atoms with Crippen LogP contribution in [0.15, 0.2) is 6.07 Å². The maximum absolute atomic E-state index is 11.9. The lowest BCUT2D eigenvalue weighted by Gasteiger charge is -2.16. The third-order valence-electron chi connectivity index (χ3n) is 3.60. The summed E-state index contributed by atoms with van der Waals surface area (Å²) >= 11 is 0. The molecule has 1 aromatic rings. The molecule has 0 radical (unpaired) electrons. The number of carbonyl (C=O) groups excluding carboxylic acids is 2. The molecule has 0 saturated heterocycles. The van der Waals surface area contributed by atoms with Crippen molar-refractivity contribution in [1.82, 2.24) is 20.8 Å². The van der Waals surface area contributed by atoms with Gasteiger partial charge in [-0.3, -0.25) is 14.7 Å². The standard InChI is InChI=1S/C15H22N4O4/c1-8(2)5-12(15(22)23)17-13(20)7-16-14(21)11-6-10(18-19-11)9-3-4-9/h6,8-9,12H,3-5,7H2,1-2H3,(H,16,21)(H,17,20)(H,18,19)(H,22,23)/t12-/m0/s1. The number of aromatic amines is 1. The first-order chi connectivity index (χ1) is 10.9. The highest BCUT2D eigenvalue weighted by Gasteiger charge is 2.26. The molecule has 1 aromatic heterocycles. The highest BCUT2D eigenvalue weighted by molar-refractivity contribution is 5.95. The number of amides is 2. The van der Waals surface area contributed by atoms with Crippen LogP contribution in [-0.4, -0.2) is 45.7 Å². The molecule has 1 saturated carbocycles. The van der Waals surface area contributed by atoms with Gasteiger partial charge in [0.15, 0.2) is 0 Å². The van der Waals surface area contributed by atoms with E-state index >= 15 is 0 Å². The smallest absolute Gasteiger partial charge is 0.326 e. The Morgan fingerprint density at radius 3 is 2.65 bits per heavy atom. The maximum Gasteiger partial charge on any atom is 0.326 e. The molecule has 2 rings (SSSR count). The van der Waals surface area contributed by atoms with E-state index in [-0.39, 0.29) is 18.2 Å². The van der Waals surface area contributed by atoms with Crippen molar-refractivity contribution in [3.05, 3.63) is 17.5 Å². The van der Waals surface area contributed by atoms with Gasteiger partial charge in [0.1, 0.15) is 11.7 Å². The summed E-state index contributed by atoms with van der Waals surface area (Å²) in [6.45, 7) is 3.46. The first kappa shape index (κ1) is 17.0. The molecule has 8 nitrogen and oxygen atoms in total. The quantitative estimate of drug-likeness (QED) is 0.559. The summed E-state index contributed by atoms with van der Waals surface area (Å²) in [6, 6.07) is 0.732. The number of nitrogens with one attached hydrogen (secondary N) is 3. The molecular formula is C15H22N4O4. The van der Waals surface area contributed by atoms with Crippen LogP contribution in [-0.2, 0) is 9.59 Å². The third kappa shape index (κ3) is 5.08. The van der Waals surface area contributed by atoms with Crippen LogP contribution in [0.1, 0.15) is 55.2 Å². The predicted octanol–water partition coefficient (Wildman–Crippen LogP) is 0.632. The second-order valence-electron chi connectivity index (χ2n) is 6.25. The summed E-state index contributed by atoms with van der Waals surface area (Å²) in [5, 5.41) is 20.7. The normalized spacial score (nSPS) is 15.3. The predicted molar refractivity (Wildman–Crippen MR) is 81.9 cm³/mol. The van der Waals surface area contributed by atoms with Crippen molar-refractivity contribution in [2.24, 2.45) is 5.92 Å². The molecule has 1 heterocycles. The van der Waals surface area contributed by atoms with Gasteiger partial charge in [-0.25, -0.2) is 4.79 Å². The first-order valence-corrected chi connectivity index (χ1v) is 7.72. The average molecular weight is 322 g/mol. The van der Waals surface area contributed by atoms with Crippen LogP contribution in [0.2, 0.25) is 0 Å². The fourth-order valence-electron chi connectivity index (χ4n) is 2.25. The van der Waals surface area contributed by atoms with E-state index in [1.807, 2.05) is 13.8 Å². The minimum absolute atomic E-state index is 0.135. The zero-order valence-corrected chi connectivity index (χ0v) is 13.3. The summed E-state index contributed by atoms with van der Waals surface area (Å²) < 4.78 is 0. The van der Waals surface area contributed by atoms with Gasteiger partial charge >= 0.3 is 5.97 Å². The van der Waals surface area contributed by atoms with E-state index in [0.717, 1.165) is 18.5 Å². The molecule has 1 atom stereocenters. The maximum atomic E-state index is 11.9. The molecule has 8 heteroatoms. The van der Waals surface area contributed by atoms with Crippen LogP contribution in [0.25, 0.3) is 0 Å². The molecule has 0 bridgehead atoms. The van der Waals surface area contributed by atoms with Gasteiger partial charge in [-0.15, -0.1) is 0 Å². The number of nitrogens with zero attached hydrogens (tertiary/aromatic N) is 1. The summed E-state index contributed by atoms with van der Waals surface area (Å²) in [5.74, 6) is -1.49. The Hall–Kier alpha value is -2.38. The molecule has 0 aliphatic heterocycles. The van der Waals surface area contributed by atoms with Crippen molar-refractivity contribution >= 4 is 17.8 Å². The highest BCUT2D eigenvalue weighted by Crippen LogP contribution is 2.38. The van der Waals surface area contributed by atoms with Crippen molar-refractivity contribution in [3.63, 3.8) is 0 Å². The van der Waals surface area contributed by atoms with Crippen LogP contribution in [0, 0.1) is 5.92 Å². The zero-order chi connectivity index (χ0) is 17.0. The Kier molecular flexibility index (Phi) is 5.36. The number of carboxylic acids is 1.